The molecule has 2 nitrogen and oxygen atoms in total. The first-order valence-corrected chi connectivity index (χ1v) is 7.59. The smallest absolute Gasteiger partial charge is 0.0603 e. The van der Waals surface area contributed by atoms with Gasteiger partial charge in [-0.1, -0.05) is 45.2 Å². The molecule has 0 radical (unpaired) electrons. The number of para-hydroxylation sites is 1. The summed E-state index contributed by atoms with van der Waals surface area (Å²) in [6.07, 6.45) is 7.00. The molecule has 1 aliphatic rings. The van der Waals surface area contributed by atoms with E-state index in [1.54, 1.807) is 0 Å². The summed E-state index contributed by atoms with van der Waals surface area (Å²) in [6.45, 7) is 7.91. The van der Waals surface area contributed by atoms with Crippen molar-refractivity contribution >= 4 is 11.4 Å². The van der Waals surface area contributed by atoms with Gasteiger partial charge in [-0.05, 0) is 42.7 Å². The van der Waals surface area contributed by atoms with Gasteiger partial charge in [-0.15, -0.1) is 0 Å². The second-order valence-electron chi connectivity index (χ2n) is 6.72. The van der Waals surface area contributed by atoms with Gasteiger partial charge in [-0.2, -0.15) is 0 Å². The first-order valence-electron chi connectivity index (χ1n) is 7.59. The largest absolute Gasteiger partial charge is 0.397 e. The molecule has 0 spiro atoms. The lowest BCUT2D eigenvalue weighted by atomic mass is 9.71. The van der Waals surface area contributed by atoms with Crippen LogP contribution in [0.5, 0.6) is 0 Å². The highest BCUT2D eigenvalue weighted by Crippen LogP contribution is 2.38. The maximum absolute atomic E-state index is 6.07. The second-order valence-corrected chi connectivity index (χ2v) is 6.72. The van der Waals surface area contributed by atoms with Crippen LogP contribution in [0.15, 0.2) is 18.2 Å². The number of aryl methyl sites for hydroxylation is 1. The summed E-state index contributed by atoms with van der Waals surface area (Å²) in [5.41, 5.74) is 9.62. The number of anilines is 2. The molecule has 1 aromatic rings. The minimum atomic E-state index is 0.342. The van der Waals surface area contributed by atoms with Crippen LogP contribution in [0.1, 0.15) is 51.5 Å². The highest BCUT2D eigenvalue weighted by Gasteiger charge is 2.30. The Labute approximate surface area is 117 Å². The molecule has 0 bridgehead atoms. The first-order chi connectivity index (χ1) is 9.00. The van der Waals surface area contributed by atoms with E-state index in [1.165, 1.54) is 37.7 Å². The van der Waals surface area contributed by atoms with E-state index in [1.807, 2.05) is 12.1 Å². The van der Waals surface area contributed by atoms with E-state index in [4.69, 9.17) is 5.73 Å². The Morgan fingerprint density at radius 2 is 1.89 bits per heavy atom. The molecular weight excluding hydrogens is 232 g/mol. The highest BCUT2D eigenvalue weighted by molar-refractivity contribution is 5.69. The molecule has 3 N–H and O–H groups in total. The maximum atomic E-state index is 6.07. The molecule has 0 aromatic heterocycles. The SMILES string of the molecule is Cc1cccc(N)c1NCC(C)(C)C1CCCCC1. The summed E-state index contributed by atoms with van der Waals surface area (Å²) >= 11 is 0. The summed E-state index contributed by atoms with van der Waals surface area (Å²) < 4.78 is 0. The normalized spacial score (nSPS) is 17.4. The fourth-order valence-electron chi connectivity index (χ4n) is 3.28. The van der Waals surface area contributed by atoms with E-state index in [0.29, 0.717) is 5.41 Å². The summed E-state index contributed by atoms with van der Waals surface area (Å²) in [7, 11) is 0. The van der Waals surface area contributed by atoms with Crippen molar-refractivity contribution in [2.24, 2.45) is 11.3 Å². The predicted octanol–water partition coefficient (Wildman–Crippen LogP) is 4.60. The van der Waals surface area contributed by atoms with Crippen molar-refractivity contribution in [1.82, 2.24) is 0 Å². The third kappa shape index (κ3) is 3.43. The van der Waals surface area contributed by atoms with Gasteiger partial charge in [-0.25, -0.2) is 0 Å². The Morgan fingerprint density at radius 1 is 1.21 bits per heavy atom. The summed E-state index contributed by atoms with van der Waals surface area (Å²) in [6, 6.07) is 6.11. The van der Waals surface area contributed by atoms with Crippen molar-refractivity contribution in [2.75, 3.05) is 17.6 Å². The van der Waals surface area contributed by atoms with Gasteiger partial charge in [0.25, 0.3) is 0 Å². The third-order valence-electron chi connectivity index (χ3n) is 4.74. The molecule has 2 heteroatoms. The molecule has 0 aliphatic heterocycles. The van der Waals surface area contributed by atoms with Crippen molar-refractivity contribution in [2.45, 2.75) is 52.9 Å². The standard InChI is InChI=1S/C17H28N2/c1-13-8-7-11-15(18)16(13)19-12-17(2,3)14-9-5-4-6-10-14/h7-8,11,14,19H,4-6,9-10,12,18H2,1-3H3. The lowest BCUT2D eigenvalue weighted by Gasteiger charge is -2.37. The van der Waals surface area contributed by atoms with Crippen LogP contribution in [0.25, 0.3) is 0 Å². The number of hydrogen-bond acceptors (Lipinski definition) is 2. The lowest BCUT2D eigenvalue weighted by Crippen LogP contribution is -2.33. The van der Waals surface area contributed by atoms with Crippen molar-refractivity contribution in [3.63, 3.8) is 0 Å². The van der Waals surface area contributed by atoms with Crippen molar-refractivity contribution in [1.29, 1.82) is 0 Å². The minimum Gasteiger partial charge on any atom is -0.397 e. The van der Waals surface area contributed by atoms with Gasteiger partial charge >= 0.3 is 0 Å². The van der Waals surface area contributed by atoms with Crippen LogP contribution in [0.4, 0.5) is 11.4 Å². The minimum absolute atomic E-state index is 0.342. The molecule has 106 valence electrons. The van der Waals surface area contributed by atoms with Crippen LogP contribution in [0, 0.1) is 18.3 Å². The van der Waals surface area contributed by atoms with Crippen molar-refractivity contribution < 1.29 is 0 Å². The average molecular weight is 260 g/mol. The lowest BCUT2D eigenvalue weighted by molar-refractivity contribution is 0.172. The van der Waals surface area contributed by atoms with Crippen LogP contribution in [0.3, 0.4) is 0 Å². The molecule has 0 amide bonds. The molecule has 19 heavy (non-hydrogen) atoms. The zero-order chi connectivity index (χ0) is 13.9. The molecule has 0 unspecified atom stereocenters. The fraction of sp³-hybridized carbons (Fsp3) is 0.647. The van der Waals surface area contributed by atoms with Gasteiger partial charge in [0.05, 0.1) is 11.4 Å². The Bertz CT molecular complexity index is 397. The molecule has 1 saturated carbocycles. The molecule has 1 aromatic carbocycles. The van der Waals surface area contributed by atoms with E-state index in [9.17, 15) is 0 Å². The topological polar surface area (TPSA) is 38.0 Å². The summed E-state index contributed by atoms with van der Waals surface area (Å²) in [4.78, 5) is 0. The molecule has 2 rings (SSSR count). The molecule has 1 aliphatic carbocycles. The number of nitrogens with one attached hydrogen (secondary N) is 1. The quantitative estimate of drug-likeness (QED) is 0.777. The van der Waals surface area contributed by atoms with E-state index in [-0.39, 0.29) is 0 Å². The molecule has 0 saturated heterocycles. The van der Waals surface area contributed by atoms with Gasteiger partial charge in [0.2, 0.25) is 0 Å². The Morgan fingerprint density at radius 3 is 2.53 bits per heavy atom. The van der Waals surface area contributed by atoms with Crippen LogP contribution < -0.4 is 11.1 Å². The van der Waals surface area contributed by atoms with Crippen LogP contribution >= 0.6 is 0 Å². The Hall–Kier alpha value is -1.18. The van der Waals surface area contributed by atoms with E-state index >= 15 is 0 Å². The van der Waals surface area contributed by atoms with Gasteiger partial charge in [0.1, 0.15) is 0 Å². The van der Waals surface area contributed by atoms with Crippen molar-refractivity contribution in [3.05, 3.63) is 23.8 Å². The van der Waals surface area contributed by atoms with Crippen LogP contribution in [0.2, 0.25) is 0 Å². The number of nitrogen functional groups attached to an aromatic ring is 1. The van der Waals surface area contributed by atoms with Gasteiger partial charge in [-0.3, -0.25) is 0 Å². The highest BCUT2D eigenvalue weighted by atomic mass is 14.9. The fourth-order valence-corrected chi connectivity index (χ4v) is 3.28. The maximum Gasteiger partial charge on any atom is 0.0603 e. The Kier molecular flexibility index (Phi) is 4.38. The van der Waals surface area contributed by atoms with Crippen LogP contribution in [-0.2, 0) is 0 Å². The van der Waals surface area contributed by atoms with E-state index in [0.717, 1.165) is 23.8 Å². The Balaban J connectivity index is 2.00. The zero-order valence-corrected chi connectivity index (χ0v) is 12.6. The average Bonchev–Trinajstić information content (AvgIpc) is 2.39. The van der Waals surface area contributed by atoms with E-state index < -0.39 is 0 Å². The van der Waals surface area contributed by atoms with Gasteiger partial charge in [0, 0.05) is 6.54 Å². The van der Waals surface area contributed by atoms with Gasteiger partial charge < -0.3 is 11.1 Å². The molecule has 1 fully saturated rings. The molecule has 0 heterocycles. The predicted molar refractivity (Wildman–Crippen MR) is 84.4 cm³/mol. The number of nitrogens with two attached hydrogens (primary N) is 1. The summed E-state index contributed by atoms with van der Waals surface area (Å²) in [5, 5.41) is 3.59. The number of rotatable bonds is 4. The van der Waals surface area contributed by atoms with E-state index in [2.05, 4.69) is 32.2 Å². The van der Waals surface area contributed by atoms with Crippen molar-refractivity contribution in [3.8, 4) is 0 Å². The molecular formula is C17H28N2. The third-order valence-corrected chi connectivity index (χ3v) is 4.74. The zero-order valence-electron chi connectivity index (χ0n) is 12.6. The number of hydrogen-bond donors (Lipinski definition) is 2. The number of benzene rings is 1. The summed E-state index contributed by atoms with van der Waals surface area (Å²) in [5.74, 6) is 0.846. The van der Waals surface area contributed by atoms with Crippen LogP contribution in [-0.4, -0.2) is 6.54 Å². The van der Waals surface area contributed by atoms with Gasteiger partial charge in [0.15, 0.2) is 0 Å². The first kappa shape index (κ1) is 14.2. The monoisotopic (exact) mass is 260 g/mol. The second kappa shape index (κ2) is 5.85. The molecule has 0 atom stereocenters.